The molecule has 3 heteroatoms. The quantitative estimate of drug-likeness (QED) is 0.138. The fourth-order valence-corrected chi connectivity index (χ4v) is 3.05. The minimum absolute atomic E-state index is 0.361. The molecule has 0 aromatic carbocycles. The van der Waals surface area contributed by atoms with Crippen LogP contribution in [0.4, 0.5) is 4.39 Å². The Bertz CT molecular complexity index is 304. The molecule has 0 aliphatic carbocycles. The second-order valence-corrected chi connectivity index (χ2v) is 7.14. The summed E-state index contributed by atoms with van der Waals surface area (Å²) in [5, 5.41) is 0. The predicted octanol–water partition coefficient (Wildman–Crippen LogP) is 7.32. The number of hydrogen-bond donors (Lipinski definition) is 0. The summed E-state index contributed by atoms with van der Waals surface area (Å²) in [5.41, 5.74) is 0. The summed E-state index contributed by atoms with van der Waals surface area (Å²) in [6, 6.07) is 0. The van der Waals surface area contributed by atoms with Crippen LogP contribution in [0.5, 0.6) is 0 Å². The van der Waals surface area contributed by atoms with Gasteiger partial charge in [-0.05, 0) is 19.3 Å². The summed E-state index contributed by atoms with van der Waals surface area (Å²) in [6.07, 6.45) is 18.8. The van der Waals surface area contributed by atoms with Gasteiger partial charge in [-0.15, -0.1) is 0 Å². The fourth-order valence-electron chi connectivity index (χ4n) is 3.05. The Hall–Kier alpha value is -0.860. The highest BCUT2D eigenvalue weighted by Crippen LogP contribution is 2.16. The summed E-state index contributed by atoms with van der Waals surface area (Å²) >= 11 is 0. The van der Waals surface area contributed by atoms with Gasteiger partial charge in [0.15, 0.2) is 0 Å². The highest BCUT2D eigenvalue weighted by atomic mass is 19.1. The minimum Gasteiger partial charge on any atom is -0.463 e. The van der Waals surface area contributed by atoms with Crippen molar-refractivity contribution in [2.24, 2.45) is 0 Å². The normalized spacial score (nSPS) is 12.1. The molecule has 0 saturated carbocycles. The van der Waals surface area contributed by atoms with Gasteiger partial charge in [-0.25, -0.2) is 9.18 Å². The van der Waals surface area contributed by atoms with E-state index in [1.54, 1.807) is 0 Å². The second-order valence-electron chi connectivity index (χ2n) is 7.14. The van der Waals surface area contributed by atoms with Crippen molar-refractivity contribution in [2.75, 3.05) is 6.61 Å². The van der Waals surface area contributed by atoms with Crippen molar-refractivity contribution in [1.82, 2.24) is 0 Å². The minimum atomic E-state index is -0.632. The number of alkyl halides is 1. The Morgan fingerprint density at radius 1 is 0.840 bits per heavy atom. The molecule has 2 nitrogen and oxygen atoms in total. The third-order valence-corrected chi connectivity index (χ3v) is 4.69. The van der Waals surface area contributed by atoms with Gasteiger partial charge in [-0.3, -0.25) is 0 Å². The Morgan fingerprint density at radius 2 is 1.28 bits per heavy atom. The van der Waals surface area contributed by atoms with Gasteiger partial charge in [0.25, 0.3) is 0 Å². The number of esters is 1. The highest BCUT2D eigenvalue weighted by molar-refractivity contribution is 5.81. The molecule has 0 amide bonds. The number of carbonyl (C=O) groups is 1. The lowest BCUT2D eigenvalue weighted by atomic mass is 10.0. The smallest absolute Gasteiger partial charge is 0.330 e. The highest BCUT2D eigenvalue weighted by Gasteiger charge is 2.06. The van der Waals surface area contributed by atoms with Gasteiger partial charge in [0.2, 0.25) is 0 Å². The lowest BCUT2D eigenvalue weighted by Crippen LogP contribution is -2.02. The van der Waals surface area contributed by atoms with Crippen molar-refractivity contribution in [2.45, 2.75) is 116 Å². The van der Waals surface area contributed by atoms with Crippen LogP contribution >= 0.6 is 0 Å². The monoisotopic (exact) mass is 356 g/mol. The maximum atomic E-state index is 13.8. The zero-order chi connectivity index (χ0) is 18.6. The Labute approximate surface area is 155 Å². The average molecular weight is 357 g/mol. The molecular formula is C22H41FO2. The maximum Gasteiger partial charge on any atom is 0.330 e. The molecule has 0 heterocycles. The van der Waals surface area contributed by atoms with Crippen LogP contribution in [0, 0.1) is 0 Å². The predicted molar refractivity (Wildman–Crippen MR) is 106 cm³/mol. The zero-order valence-electron chi connectivity index (χ0n) is 16.6. The summed E-state index contributed by atoms with van der Waals surface area (Å²) in [7, 11) is 0. The van der Waals surface area contributed by atoms with Crippen LogP contribution in [0.15, 0.2) is 12.7 Å². The van der Waals surface area contributed by atoms with E-state index < -0.39 is 6.17 Å². The van der Waals surface area contributed by atoms with Crippen molar-refractivity contribution in [3.05, 3.63) is 12.7 Å². The summed E-state index contributed by atoms with van der Waals surface area (Å²) in [5.74, 6) is -0.361. The van der Waals surface area contributed by atoms with Crippen LogP contribution in [0.25, 0.3) is 0 Å². The summed E-state index contributed by atoms with van der Waals surface area (Å²) in [4.78, 5) is 10.8. The summed E-state index contributed by atoms with van der Waals surface area (Å²) in [6.45, 7) is 6.05. The first-order valence-electron chi connectivity index (χ1n) is 10.6. The van der Waals surface area contributed by atoms with Crippen LogP contribution in [0.3, 0.4) is 0 Å². The van der Waals surface area contributed by atoms with Gasteiger partial charge in [-0.2, -0.15) is 0 Å². The van der Waals surface area contributed by atoms with Crippen LogP contribution in [0.2, 0.25) is 0 Å². The van der Waals surface area contributed by atoms with Gasteiger partial charge in [0.1, 0.15) is 6.17 Å². The van der Waals surface area contributed by atoms with Gasteiger partial charge in [0.05, 0.1) is 6.61 Å². The van der Waals surface area contributed by atoms with Crippen LogP contribution in [-0.2, 0) is 9.53 Å². The van der Waals surface area contributed by atoms with Crippen molar-refractivity contribution in [3.8, 4) is 0 Å². The molecule has 0 aliphatic rings. The molecule has 0 bridgehead atoms. The molecule has 0 radical (unpaired) electrons. The van der Waals surface area contributed by atoms with Gasteiger partial charge in [0, 0.05) is 6.08 Å². The van der Waals surface area contributed by atoms with E-state index in [0.29, 0.717) is 13.0 Å². The lowest BCUT2D eigenvalue weighted by molar-refractivity contribution is -0.137. The fraction of sp³-hybridized carbons (Fsp3) is 0.864. The molecule has 0 saturated heterocycles. The first-order chi connectivity index (χ1) is 12.2. The lowest BCUT2D eigenvalue weighted by Gasteiger charge is -2.08. The SMILES string of the molecule is C=CC(=O)OCCCCCCC(F)CCCCCCCCCCCC. The molecule has 0 N–H and O–H groups in total. The third kappa shape index (κ3) is 19.3. The first kappa shape index (κ1) is 24.1. The Balaban J connectivity index is 3.19. The van der Waals surface area contributed by atoms with E-state index in [9.17, 15) is 9.18 Å². The molecule has 1 atom stereocenters. The standard InChI is InChI=1S/C22H41FO2/c1-3-5-6-7-8-9-10-11-12-15-18-21(23)19-16-13-14-17-20-25-22(24)4-2/h4,21H,2-3,5-20H2,1H3. The van der Waals surface area contributed by atoms with Crippen molar-refractivity contribution >= 4 is 5.97 Å². The van der Waals surface area contributed by atoms with E-state index in [4.69, 9.17) is 4.74 Å². The topological polar surface area (TPSA) is 26.3 Å². The Kier molecular flexibility index (Phi) is 18.8. The maximum absolute atomic E-state index is 13.8. The Morgan fingerprint density at radius 3 is 1.76 bits per heavy atom. The number of unbranched alkanes of at least 4 members (excludes halogenated alkanes) is 12. The molecule has 0 aromatic rings. The molecule has 25 heavy (non-hydrogen) atoms. The van der Waals surface area contributed by atoms with Crippen LogP contribution < -0.4 is 0 Å². The number of hydrogen-bond acceptors (Lipinski definition) is 2. The van der Waals surface area contributed by atoms with E-state index in [1.165, 1.54) is 63.9 Å². The van der Waals surface area contributed by atoms with Gasteiger partial charge in [-0.1, -0.05) is 97.0 Å². The summed E-state index contributed by atoms with van der Waals surface area (Å²) < 4.78 is 18.7. The third-order valence-electron chi connectivity index (χ3n) is 4.69. The molecule has 0 aliphatic heterocycles. The molecule has 0 fully saturated rings. The molecule has 148 valence electrons. The van der Waals surface area contributed by atoms with E-state index >= 15 is 0 Å². The molecule has 0 aromatic heterocycles. The van der Waals surface area contributed by atoms with Crippen molar-refractivity contribution in [1.29, 1.82) is 0 Å². The number of ether oxygens (including phenoxy) is 1. The number of rotatable bonds is 19. The average Bonchev–Trinajstić information content (AvgIpc) is 2.62. The zero-order valence-corrected chi connectivity index (χ0v) is 16.6. The molecule has 0 rings (SSSR count). The van der Waals surface area contributed by atoms with Crippen LogP contribution in [0.1, 0.15) is 110 Å². The molecular weight excluding hydrogens is 315 g/mol. The van der Waals surface area contributed by atoms with Crippen molar-refractivity contribution < 1.29 is 13.9 Å². The number of halogens is 1. The first-order valence-corrected chi connectivity index (χ1v) is 10.6. The van der Waals surface area contributed by atoms with Crippen molar-refractivity contribution in [3.63, 3.8) is 0 Å². The molecule has 0 spiro atoms. The van der Waals surface area contributed by atoms with E-state index in [2.05, 4.69) is 13.5 Å². The largest absolute Gasteiger partial charge is 0.463 e. The van der Waals surface area contributed by atoms with Gasteiger partial charge >= 0.3 is 5.97 Å². The van der Waals surface area contributed by atoms with E-state index in [1.807, 2.05) is 0 Å². The van der Waals surface area contributed by atoms with E-state index in [-0.39, 0.29) is 5.97 Å². The van der Waals surface area contributed by atoms with E-state index in [0.717, 1.165) is 38.5 Å². The molecule has 1 unspecified atom stereocenters. The van der Waals surface area contributed by atoms with Gasteiger partial charge < -0.3 is 4.74 Å². The van der Waals surface area contributed by atoms with Crippen LogP contribution in [-0.4, -0.2) is 18.7 Å². The second kappa shape index (κ2) is 19.5. The number of carbonyl (C=O) groups excluding carboxylic acids is 1.